The fourth-order valence-electron chi connectivity index (χ4n) is 1.67. The molecule has 1 aromatic carbocycles. The van der Waals surface area contributed by atoms with Gasteiger partial charge in [-0.05, 0) is 37.5 Å². The van der Waals surface area contributed by atoms with Crippen molar-refractivity contribution in [3.63, 3.8) is 0 Å². The van der Waals surface area contributed by atoms with Crippen LogP contribution in [0, 0.1) is 0 Å². The van der Waals surface area contributed by atoms with Crippen molar-refractivity contribution in [2.24, 2.45) is 0 Å². The van der Waals surface area contributed by atoms with Crippen LogP contribution in [-0.2, 0) is 4.74 Å². The molecule has 0 fully saturated rings. The number of methoxy groups -OCH3 is 1. The second kappa shape index (κ2) is 5.71. The summed E-state index contributed by atoms with van der Waals surface area (Å²) in [7, 11) is 1.39. The maximum absolute atomic E-state index is 11.7. The fraction of sp³-hybridized carbons (Fsp3) is 0.500. The van der Waals surface area contributed by atoms with Gasteiger partial charge >= 0.3 is 5.97 Å². The van der Waals surface area contributed by atoms with Crippen molar-refractivity contribution in [1.82, 2.24) is 0 Å². The molecular weight excluding hydrogens is 216 g/mol. The Kier molecular flexibility index (Phi) is 4.55. The van der Waals surface area contributed by atoms with Crippen LogP contribution in [0.15, 0.2) is 18.2 Å². The molecule has 0 aliphatic rings. The normalized spacial score (nSPS) is 10.8. The van der Waals surface area contributed by atoms with Gasteiger partial charge in [0.05, 0.1) is 18.8 Å². The Bertz CT molecular complexity index is 394. The van der Waals surface area contributed by atoms with Crippen molar-refractivity contribution in [3.8, 4) is 5.75 Å². The van der Waals surface area contributed by atoms with Crippen LogP contribution < -0.4 is 4.74 Å². The highest BCUT2D eigenvalue weighted by Crippen LogP contribution is 2.25. The summed E-state index contributed by atoms with van der Waals surface area (Å²) in [5, 5.41) is 0. The number of carbonyl (C=O) groups is 1. The van der Waals surface area contributed by atoms with E-state index in [2.05, 4.69) is 0 Å². The predicted molar refractivity (Wildman–Crippen MR) is 67.6 cm³/mol. The molecule has 0 unspecified atom stereocenters. The second-order valence-electron chi connectivity index (χ2n) is 4.56. The van der Waals surface area contributed by atoms with Gasteiger partial charge in [0.15, 0.2) is 0 Å². The first kappa shape index (κ1) is 13.6. The highest BCUT2D eigenvalue weighted by Gasteiger charge is 2.15. The van der Waals surface area contributed by atoms with Gasteiger partial charge in [-0.25, -0.2) is 4.79 Å². The van der Waals surface area contributed by atoms with Crippen molar-refractivity contribution in [3.05, 3.63) is 29.3 Å². The van der Waals surface area contributed by atoms with E-state index in [0.29, 0.717) is 11.3 Å². The van der Waals surface area contributed by atoms with Crippen molar-refractivity contribution < 1.29 is 14.3 Å². The molecule has 94 valence electrons. The number of esters is 1. The third-order valence-electron chi connectivity index (χ3n) is 2.42. The molecule has 0 bridgehead atoms. The number of benzene rings is 1. The molecule has 17 heavy (non-hydrogen) atoms. The lowest BCUT2D eigenvalue weighted by Crippen LogP contribution is -2.10. The molecule has 0 aromatic heterocycles. The Morgan fingerprint density at radius 1 is 1.18 bits per heavy atom. The largest absolute Gasteiger partial charge is 0.491 e. The molecular formula is C14H20O3. The van der Waals surface area contributed by atoms with E-state index in [1.807, 2.05) is 39.8 Å². The average molecular weight is 236 g/mol. The summed E-state index contributed by atoms with van der Waals surface area (Å²) in [5.41, 5.74) is 1.56. The van der Waals surface area contributed by atoms with Crippen LogP contribution in [-0.4, -0.2) is 19.2 Å². The summed E-state index contributed by atoms with van der Waals surface area (Å²) in [5.74, 6) is 0.657. The van der Waals surface area contributed by atoms with Crippen LogP contribution in [0.3, 0.4) is 0 Å². The van der Waals surface area contributed by atoms with E-state index in [1.165, 1.54) is 7.11 Å². The number of hydrogen-bond acceptors (Lipinski definition) is 3. The van der Waals surface area contributed by atoms with E-state index in [9.17, 15) is 4.79 Å². The quantitative estimate of drug-likeness (QED) is 0.752. The molecule has 0 atom stereocenters. The maximum atomic E-state index is 11.7. The van der Waals surface area contributed by atoms with Gasteiger partial charge in [-0.1, -0.05) is 19.9 Å². The van der Waals surface area contributed by atoms with E-state index in [-0.39, 0.29) is 18.0 Å². The molecule has 1 aromatic rings. The standard InChI is InChI=1S/C14H20O3/c1-9(2)12-7-6-11(17-10(3)4)8-13(12)14(15)16-5/h6-10H,1-5H3. The van der Waals surface area contributed by atoms with Crippen molar-refractivity contribution in [2.45, 2.75) is 39.7 Å². The Labute approximate surface area is 103 Å². The zero-order valence-corrected chi connectivity index (χ0v) is 11.1. The van der Waals surface area contributed by atoms with Gasteiger partial charge in [-0.2, -0.15) is 0 Å². The van der Waals surface area contributed by atoms with Crippen molar-refractivity contribution >= 4 is 5.97 Å². The highest BCUT2D eigenvalue weighted by atomic mass is 16.5. The maximum Gasteiger partial charge on any atom is 0.338 e. The summed E-state index contributed by atoms with van der Waals surface area (Å²) < 4.78 is 10.4. The van der Waals surface area contributed by atoms with E-state index >= 15 is 0 Å². The third-order valence-corrected chi connectivity index (χ3v) is 2.42. The van der Waals surface area contributed by atoms with Crippen LogP contribution in [0.25, 0.3) is 0 Å². The molecule has 0 saturated heterocycles. The van der Waals surface area contributed by atoms with Crippen molar-refractivity contribution in [1.29, 1.82) is 0 Å². The van der Waals surface area contributed by atoms with Crippen LogP contribution in [0.1, 0.15) is 49.5 Å². The number of rotatable bonds is 4. The van der Waals surface area contributed by atoms with Crippen LogP contribution in [0.2, 0.25) is 0 Å². The SMILES string of the molecule is COC(=O)c1cc(OC(C)C)ccc1C(C)C. The van der Waals surface area contributed by atoms with E-state index < -0.39 is 0 Å². The van der Waals surface area contributed by atoms with Gasteiger partial charge in [0.25, 0.3) is 0 Å². The van der Waals surface area contributed by atoms with Gasteiger partial charge in [-0.15, -0.1) is 0 Å². The lowest BCUT2D eigenvalue weighted by atomic mass is 9.97. The van der Waals surface area contributed by atoms with Crippen molar-refractivity contribution in [2.75, 3.05) is 7.11 Å². The summed E-state index contributed by atoms with van der Waals surface area (Å²) in [6, 6.07) is 5.57. The topological polar surface area (TPSA) is 35.5 Å². The molecule has 0 saturated carbocycles. The van der Waals surface area contributed by atoms with Gasteiger partial charge in [0.1, 0.15) is 5.75 Å². The summed E-state index contributed by atoms with van der Waals surface area (Å²) in [6.07, 6.45) is 0.0883. The summed E-state index contributed by atoms with van der Waals surface area (Å²) >= 11 is 0. The van der Waals surface area contributed by atoms with Crippen LogP contribution in [0.4, 0.5) is 0 Å². The first-order valence-electron chi connectivity index (χ1n) is 5.84. The number of hydrogen-bond donors (Lipinski definition) is 0. The minimum Gasteiger partial charge on any atom is -0.491 e. The third kappa shape index (κ3) is 3.48. The minimum absolute atomic E-state index is 0.0883. The first-order chi connectivity index (χ1) is 7.95. The molecule has 0 aliphatic carbocycles. The van der Waals surface area contributed by atoms with Crippen LogP contribution >= 0.6 is 0 Å². The molecule has 0 heterocycles. The molecule has 1 rings (SSSR count). The van der Waals surface area contributed by atoms with Gasteiger partial charge in [0, 0.05) is 0 Å². The molecule has 0 radical (unpaired) electrons. The summed E-state index contributed by atoms with van der Waals surface area (Å²) in [4.78, 5) is 11.7. The molecule has 3 heteroatoms. The zero-order chi connectivity index (χ0) is 13.0. The Balaban J connectivity index is 3.14. The lowest BCUT2D eigenvalue weighted by molar-refractivity contribution is 0.0598. The van der Waals surface area contributed by atoms with E-state index in [1.54, 1.807) is 6.07 Å². The smallest absolute Gasteiger partial charge is 0.338 e. The van der Waals surface area contributed by atoms with Crippen LogP contribution in [0.5, 0.6) is 5.75 Å². The fourth-order valence-corrected chi connectivity index (χ4v) is 1.67. The monoisotopic (exact) mass is 236 g/mol. The van der Waals surface area contributed by atoms with E-state index in [0.717, 1.165) is 5.56 Å². The minimum atomic E-state index is -0.317. The number of ether oxygens (including phenoxy) is 2. The Morgan fingerprint density at radius 3 is 2.29 bits per heavy atom. The lowest BCUT2D eigenvalue weighted by Gasteiger charge is -2.15. The van der Waals surface area contributed by atoms with Gasteiger partial charge in [-0.3, -0.25) is 0 Å². The van der Waals surface area contributed by atoms with Gasteiger partial charge in [0.2, 0.25) is 0 Å². The summed E-state index contributed by atoms with van der Waals surface area (Å²) in [6.45, 7) is 8.00. The molecule has 3 nitrogen and oxygen atoms in total. The number of carbonyl (C=O) groups excluding carboxylic acids is 1. The molecule has 0 amide bonds. The predicted octanol–water partition coefficient (Wildman–Crippen LogP) is 3.38. The molecule has 0 aliphatic heterocycles. The average Bonchev–Trinajstić information content (AvgIpc) is 2.26. The Morgan fingerprint density at radius 2 is 1.82 bits per heavy atom. The highest BCUT2D eigenvalue weighted by molar-refractivity contribution is 5.91. The van der Waals surface area contributed by atoms with Gasteiger partial charge < -0.3 is 9.47 Å². The zero-order valence-electron chi connectivity index (χ0n) is 11.1. The van der Waals surface area contributed by atoms with E-state index in [4.69, 9.17) is 9.47 Å². The second-order valence-corrected chi connectivity index (χ2v) is 4.56. The first-order valence-corrected chi connectivity index (χ1v) is 5.84. The molecule has 0 N–H and O–H groups in total. The molecule has 0 spiro atoms. The Hall–Kier alpha value is -1.51.